The molecule has 0 aromatic heterocycles. The fourth-order valence-corrected chi connectivity index (χ4v) is 2.90. The van der Waals surface area contributed by atoms with Crippen LogP contribution in [0.5, 0.6) is 5.75 Å². The van der Waals surface area contributed by atoms with E-state index >= 15 is 0 Å². The van der Waals surface area contributed by atoms with Crippen LogP contribution in [0.4, 0.5) is 0 Å². The summed E-state index contributed by atoms with van der Waals surface area (Å²) in [6.07, 6.45) is 3.91. The summed E-state index contributed by atoms with van der Waals surface area (Å²) in [6.45, 7) is 4.79. The summed E-state index contributed by atoms with van der Waals surface area (Å²) in [5.41, 5.74) is 6.99. The molecule has 1 aromatic carbocycles. The van der Waals surface area contributed by atoms with Crippen LogP contribution in [0.25, 0.3) is 0 Å². The van der Waals surface area contributed by atoms with E-state index in [4.69, 9.17) is 10.5 Å². The molecule has 3 N–H and O–H groups in total. The Morgan fingerprint density at radius 2 is 1.85 bits per heavy atom. The summed E-state index contributed by atoms with van der Waals surface area (Å²) in [5, 5.41) is 10.7. The van der Waals surface area contributed by atoms with Gasteiger partial charge in [0, 0.05) is 12.5 Å². The highest BCUT2D eigenvalue weighted by atomic mass is 16.5. The maximum absolute atomic E-state index is 10.7. The van der Waals surface area contributed by atoms with Crippen molar-refractivity contribution in [1.29, 1.82) is 0 Å². The second-order valence-electron chi connectivity index (χ2n) is 5.45. The van der Waals surface area contributed by atoms with E-state index in [0.29, 0.717) is 12.5 Å². The van der Waals surface area contributed by atoms with Crippen molar-refractivity contribution in [3.05, 3.63) is 29.8 Å². The van der Waals surface area contributed by atoms with E-state index in [9.17, 15) is 5.11 Å². The van der Waals surface area contributed by atoms with Crippen molar-refractivity contribution in [3.63, 3.8) is 0 Å². The van der Waals surface area contributed by atoms with Crippen LogP contribution in [0.3, 0.4) is 0 Å². The van der Waals surface area contributed by atoms with E-state index in [1.54, 1.807) is 7.11 Å². The molecule has 1 aromatic rings. The highest BCUT2D eigenvalue weighted by Crippen LogP contribution is 2.30. The minimum absolute atomic E-state index is 0.0202. The van der Waals surface area contributed by atoms with E-state index in [0.717, 1.165) is 37.0 Å². The third kappa shape index (κ3) is 4.50. The predicted molar refractivity (Wildman–Crippen MR) is 84.1 cm³/mol. The largest absolute Gasteiger partial charge is 0.497 e. The fraction of sp³-hybridized carbons (Fsp3) is 0.647. The Morgan fingerprint density at radius 3 is 2.35 bits per heavy atom. The number of aliphatic hydroxyl groups is 1. The van der Waals surface area contributed by atoms with Crippen LogP contribution < -0.4 is 10.5 Å². The third-order valence-electron chi connectivity index (χ3n) is 3.99. The van der Waals surface area contributed by atoms with Gasteiger partial charge in [-0.25, -0.2) is 0 Å². The number of ether oxygens (including phenoxy) is 1. The van der Waals surface area contributed by atoms with Gasteiger partial charge >= 0.3 is 0 Å². The normalized spacial score (nSPS) is 14.3. The first kappa shape index (κ1) is 17.0. The summed E-state index contributed by atoms with van der Waals surface area (Å²) < 4.78 is 5.26. The van der Waals surface area contributed by atoms with Gasteiger partial charge in [0.2, 0.25) is 0 Å². The summed E-state index contributed by atoms with van der Waals surface area (Å²) >= 11 is 0. The Kier molecular flexibility index (Phi) is 7.63. The monoisotopic (exact) mass is 279 g/mol. The lowest BCUT2D eigenvalue weighted by atomic mass is 9.81. The maximum atomic E-state index is 10.7. The highest BCUT2D eigenvalue weighted by Gasteiger charge is 2.27. The molecule has 0 aliphatic carbocycles. The first-order valence-corrected chi connectivity index (χ1v) is 7.69. The number of nitrogens with two attached hydrogens (primary N) is 1. The molecule has 3 nitrogen and oxygen atoms in total. The summed E-state index contributed by atoms with van der Waals surface area (Å²) in [7, 11) is 1.66. The van der Waals surface area contributed by atoms with E-state index in [1.165, 1.54) is 0 Å². The second kappa shape index (κ2) is 8.98. The molecule has 0 saturated heterocycles. The van der Waals surface area contributed by atoms with Gasteiger partial charge in [-0.05, 0) is 36.5 Å². The Hall–Kier alpha value is -1.06. The van der Waals surface area contributed by atoms with Crippen molar-refractivity contribution in [2.45, 2.75) is 51.6 Å². The lowest BCUT2D eigenvalue weighted by molar-refractivity contribution is 0.0721. The zero-order valence-corrected chi connectivity index (χ0v) is 13.0. The topological polar surface area (TPSA) is 55.5 Å². The first-order chi connectivity index (χ1) is 9.67. The maximum Gasteiger partial charge on any atom is 0.119 e. The highest BCUT2D eigenvalue weighted by molar-refractivity contribution is 5.31. The van der Waals surface area contributed by atoms with E-state index in [-0.39, 0.29) is 12.0 Å². The van der Waals surface area contributed by atoms with Gasteiger partial charge in [-0.3, -0.25) is 0 Å². The number of rotatable bonds is 9. The predicted octanol–water partition coefficient (Wildman–Crippen LogP) is 3.31. The van der Waals surface area contributed by atoms with E-state index in [1.807, 2.05) is 24.3 Å². The molecule has 20 heavy (non-hydrogen) atoms. The molecule has 0 spiro atoms. The van der Waals surface area contributed by atoms with Gasteiger partial charge < -0.3 is 15.6 Å². The van der Waals surface area contributed by atoms with Crippen LogP contribution in [-0.2, 0) is 0 Å². The molecule has 0 aliphatic heterocycles. The van der Waals surface area contributed by atoms with Gasteiger partial charge in [0.15, 0.2) is 0 Å². The van der Waals surface area contributed by atoms with Gasteiger partial charge in [0.05, 0.1) is 13.2 Å². The number of methoxy groups -OCH3 is 1. The van der Waals surface area contributed by atoms with Crippen molar-refractivity contribution < 1.29 is 9.84 Å². The smallest absolute Gasteiger partial charge is 0.119 e. The summed E-state index contributed by atoms with van der Waals surface area (Å²) in [4.78, 5) is 0. The van der Waals surface area contributed by atoms with Crippen LogP contribution >= 0.6 is 0 Å². The number of hydrogen-bond acceptors (Lipinski definition) is 3. The molecule has 1 rings (SSSR count). The zero-order valence-electron chi connectivity index (χ0n) is 13.0. The number of aliphatic hydroxyl groups excluding tert-OH is 1. The van der Waals surface area contributed by atoms with Crippen molar-refractivity contribution in [2.75, 3.05) is 13.7 Å². The van der Waals surface area contributed by atoms with Crippen LogP contribution in [-0.4, -0.2) is 24.9 Å². The third-order valence-corrected chi connectivity index (χ3v) is 3.99. The van der Waals surface area contributed by atoms with Crippen LogP contribution in [0, 0.1) is 5.92 Å². The Balaban J connectivity index is 2.91. The molecule has 114 valence electrons. The van der Waals surface area contributed by atoms with Crippen LogP contribution in [0.2, 0.25) is 0 Å². The van der Waals surface area contributed by atoms with Crippen molar-refractivity contribution in [1.82, 2.24) is 0 Å². The van der Waals surface area contributed by atoms with Gasteiger partial charge in [-0.1, -0.05) is 38.8 Å². The lowest BCUT2D eigenvalue weighted by Gasteiger charge is -2.29. The molecular weight excluding hydrogens is 250 g/mol. The van der Waals surface area contributed by atoms with Gasteiger partial charge in [0.25, 0.3) is 0 Å². The molecule has 0 fully saturated rings. The minimum atomic E-state index is -0.382. The van der Waals surface area contributed by atoms with Crippen molar-refractivity contribution >= 4 is 0 Å². The van der Waals surface area contributed by atoms with Gasteiger partial charge in [-0.15, -0.1) is 0 Å². The average Bonchev–Trinajstić information content (AvgIpc) is 2.48. The fourth-order valence-electron chi connectivity index (χ4n) is 2.90. The SMILES string of the molecule is CCCC(CCC)C(O)C(CN)c1cccc(OC)c1. The van der Waals surface area contributed by atoms with Gasteiger partial charge in [0.1, 0.15) is 5.75 Å². The standard InChI is InChI=1S/C17H29NO2/c1-4-7-13(8-5-2)17(19)16(12-18)14-9-6-10-15(11-14)20-3/h6,9-11,13,16-17,19H,4-5,7-8,12,18H2,1-3H3. The van der Waals surface area contributed by atoms with E-state index in [2.05, 4.69) is 13.8 Å². The number of hydrogen-bond donors (Lipinski definition) is 2. The van der Waals surface area contributed by atoms with Crippen molar-refractivity contribution in [3.8, 4) is 5.75 Å². The minimum Gasteiger partial charge on any atom is -0.497 e. The number of benzene rings is 1. The molecule has 0 bridgehead atoms. The Labute approximate surface area is 123 Å². The van der Waals surface area contributed by atoms with Crippen LogP contribution in [0.15, 0.2) is 24.3 Å². The molecular formula is C17H29NO2. The van der Waals surface area contributed by atoms with Crippen molar-refractivity contribution in [2.24, 2.45) is 11.7 Å². The molecule has 2 atom stereocenters. The quantitative estimate of drug-likeness (QED) is 0.729. The Bertz CT molecular complexity index is 375. The summed E-state index contributed by atoms with van der Waals surface area (Å²) in [5.74, 6) is 1.12. The first-order valence-electron chi connectivity index (χ1n) is 7.69. The van der Waals surface area contributed by atoms with Gasteiger partial charge in [-0.2, -0.15) is 0 Å². The zero-order chi connectivity index (χ0) is 15.0. The second-order valence-corrected chi connectivity index (χ2v) is 5.45. The van der Waals surface area contributed by atoms with E-state index < -0.39 is 0 Å². The molecule has 0 heterocycles. The van der Waals surface area contributed by atoms with Crippen LogP contribution in [0.1, 0.15) is 51.0 Å². The molecule has 0 aliphatic rings. The lowest BCUT2D eigenvalue weighted by Crippen LogP contribution is -2.32. The molecule has 2 unspecified atom stereocenters. The molecule has 0 saturated carbocycles. The molecule has 3 heteroatoms. The molecule has 0 amide bonds. The molecule has 0 radical (unpaired) electrons. The summed E-state index contributed by atoms with van der Waals surface area (Å²) in [6, 6.07) is 7.88. The Morgan fingerprint density at radius 1 is 1.20 bits per heavy atom. The average molecular weight is 279 g/mol.